The van der Waals surface area contributed by atoms with E-state index in [0.29, 0.717) is 0 Å². The number of benzene rings is 1. The molecule has 4 nitrogen and oxygen atoms in total. The second-order valence-electron chi connectivity index (χ2n) is 2.55. The van der Waals surface area contributed by atoms with E-state index in [1.165, 1.54) is 0 Å². The maximum absolute atomic E-state index is 3.77. The van der Waals surface area contributed by atoms with Crippen molar-refractivity contribution < 1.29 is 0 Å². The van der Waals surface area contributed by atoms with Crippen molar-refractivity contribution in [2.24, 2.45) is 0 Å². The van der Waals surface area contributed by atoms with Crippen molar-refractivity contribution in [2.45, 2.75) is 0 Å². The van der Waals surface area contributed by atoms with Crippen LogP contribution in [-0.4, -0.2) is 20.2 Å². The molecule has 1 aromatic heterocycles. The zero-order valence-electron chi connectivity index (χ0n) is 6.96. The first kappa shape index (κ1) is 7.67. The van der Waals surface area contributed by atoms with E-state index in [1.807, 2.05) is 24.3 Å². The maximum atomic E-state index is 3.77. The van der Waals surface area contributed by atoms with Gasteiger partial charge in [0.05, 0.1) is 5.69 Å². The molecule has 0 bridgehead atoms. The smallest absolute Gasteiger partial charge is 0.143 e. The lowest BCUT2D eigenvalue weighted by Gasteiger charge is -1.98. The minimum absolute atomic E-state index is 0.940. The molecule has 0 saturated heterocycles. The molecule has 0 aliphatic heterocycles. The molecular formula is C9H8N4. The summed E-state index contributed by atoms with van der Waals surface area (Å²) in [6, 6.07) is 7.80. The number of rotatable bonds is 2. The summed E-state index contributed by atoms with van der Waals surface area (Å²) >= 11 is 0. The summed E-state index contributed by atoms with van der Waals surface area (Å²) < 4.78 is 1.60. The van der Waals surface area contributed by atoms with Gasteiger partial charge in [-0.3, -0.25) is 0 Å². The summed E-state index contributed by atoms with van der Waals surface area (Å²) in [5.41, 5.74) is 2.02. The van der Waals surface area contributed by atoms with Gasteiger partial charge in [-0.25, -0.2) is 4.68 Å². The largest absolute Gasteiger partial charge is 0.201 e. The molecule has 0 unspecified atom stereocenters. The second-order valence-corrected chi connectivity index (χ2v) is 2.55. The first-order valence-corrected chi connectivity index (χ1v) is 3.86. The van der Waals surface area contributed by atoms with Crippen LogP contribution in [0.3, 0.4) is 0 Å². The Hall–Kier alpha value is -1.97. The van der Waals surface area contributed by atoms with Crippen LogP contribution in [0.5, 0.6) is 0 Å². The van der Waals surface area contributed by atoms with E-state index >= 15 is 0 Å². The lowest BCUT2D eigenvalue weighted by molar-refractivity contribution is 0.789. The zero-order chi connectivity index (χ0) is 9.10. The van der Waals surface area contributed by atoms with Gasteiger partial charge < -0.3 is 0 Å². The summed E-state index contributed by atoms with van der Waals surface area (Å²) in [6.07, 6.45) is 3.35. The number of hydrogen-bond acceptors (Lipinski definition) is 3. The fourth-order valence-electron chi connectivity index (χ4n) is 1.04. The molecule has 0 amide bonds. The third kappa shape index (κ3) is 1.46. The normalized spacial score (nSPS) is 9.85. The molecular weight excluding hydrogens is 164 g/mol. The van der Waals surface area contributed by atoms with E-state index in [-0.39, 0.29) is 0 Å². The van der Waals surface area contributed by atoms with Gasteiger partial charge in [-0.05, 0) is 28.1 Å². The molecule has 1 aromatic carbocycles. The molecule has 64 valence electrons. The van der Waals surface area contributed by atoms with Gasteiger partial charge in [0.25, 0.3) is 0 Å². The van der Waals surface area contributed by atoms with Crippen LogP contribution in [-0.2, 0) is 0 Å². The number of aromatic nitrogens is 4. The van der Waals surface area contributed by atoms with Gasteiger partial charge in [-0.2, -0.15) is 0 Å². The Balaban J connectivity index is 2.38. The Morgan fingerprint density at radius 2 is 2.00 bits per heavy atom. The molecule has 0 aliphatic carbocycles. The van der Waals surface area contributed by atoms with E-state index in [1.54, 1.807) is 17.1 Å². The average Bonchev–Trinajstić information content (AvgIpc) is 2.71. The highest BCUT2D eigenvalue weighted by atomic mass is 15.5. The van der Waals surface area contributed by atoms with Crippen molar-refractivity contribution in [3.8, 4) is 5.69 Å². The van der Waals surface area contributed by atoms with Crippen LogP contribution < -0.4 is 0 Å². The van der Waals surface area contributed by atoms with Crippen molar-refractivity contribution in [1.82, 2.24) is 20.2 Å². The van der Waals surface area contributed by atoms with Crippen LogP contribution in [0.4, 0.5) is 0 Å². The van der Waals surface area contributed by atoms with Gasteiger partial charge in [0.15, 0.2) is 0 Å². The van der Waals surface area contributed by atoms with Crippen LogP contribution in [0.2, 0.25) is 0 Å². The highest BCUT2D eigenvalue weighted by Crippen LogP contribution is 2.07. The molecule has 4 heteroatoms. The van der Waals surface area contributed by atoms with Crippen LogP contribution in [0, 0.1) is 0 Å². The van der Waals surface area contributed by atoms with Gasteiger partial charge in [0.1, 0.15) is 6.33 Å². The Morgan fingerprint density at radius 1 is 1.23 bits per heavy atom. The third-order valence-electron chi connectivity index (χ3n) is 1.74. The monoisotopic (exact) mass is 172 g/mol. The predicted molar refractivity (Wildman–Crippen MR) is 49.2 cm³/mol. The van der Waals surface area contributed by atoms with Crippen LogP contribution in [0.1, 0.15) is 5.56 Å². The minimum atomic E-state index is 0.940. The van der Waals surface area contributed by atoms with Gasteiger partial charge in [0, 0.05) is 0 Å². The first-order chi connectivity index (χ1) is 6.40. The molecule has 2 aromatic rings. The summed E-state index contributed by atoms with van der Waals surface area (Å²) in [7, 11) is 0. The minimum Gasteiger partial charge on any atom is -0.201 e. The summed E-state index contributed by atoms with van der Waals surface area (Å²) in [6.45, 7) is 3.68. The standard InChI is InChI=1S/C9H8N4/c1-2-8-3-5-9(6-4-8)13-7-10-11-12-13/h2-7H,1H2. The molecule has 0 fully saturated rings. The Labute approximate surface area is 75.5 Å². The van der Waals surface area contributed by atoms with Crippen molar-refractivity contribution in [2.75, 3.05) is 0 Å². The predicted octanol–water partition coefficient (Wildman–Crippen LogP) is 1.31. The molecule has 0 spiro atoms. The number of hydrogen-bond donors (Lipinski definition) is 0. The fraction of sp³-hybridized carbons (Fsp3) is 0. The summed E-state index contributed by atoms with van der Waals surface area (Å²) in [5.74, 6) is 0. The molecule has 0 N–H and O–H groups in total. The molecule has 0 radical (unpaired) electrons. The first-order valence-electron chi connectivity index (χ1n) is 3.86. The van der Waals surface area contributed by atoms with Crippen LogP contribution in [0.15, 0.2) is 37.2 Å². The Bertz CT molecular complexity index is 388. The fourth-order valence-corrected chi connectivity index (χ4v) is 1.04. The van der Waals surface area contributed by atoms with Gasteiger partial charge in [-0.1, -0.05) is 24.8 Å². The second kappa shape index (κ2) is 3.18. The molecule has 0 saturated carbocycles. The zero-order valence-corrected chi connectivity index (χ0v) is 6.96. The Morgan fingerprint density at radius 3 is 2.54 bits per heavy atom. The van der Waals surface area contributed by atoms with Crippen molar-refractivity contribution in [3.63, 3.8) is 0 Å². The average molecular weight is 172 g/mol. The van der Waals surface area contributed by atoms with E-state index in [9.17, 15) is 0 Å². The molecule has 0 aliphatic rings. The number of nitrogens with zero attached hydrogens (tertiary/aromatic N) is 4. The van der Waals surface area contributed by atoms with Gasteiger partial charge in [-0.15, -0.1) is 5.10 Å². The quantitative estimate of drug-likeness (QED) is 0.685. The summed E-state index contributed by atoms with van der Waals surface area (Å²) in [4.78, 5) is 0. The van der Waals surface area contributed by atoms with E-state index in [4.69, 9.17) is 0 Å². The van der Waals surface area contributed by atoms with E-state index in [0.717, 1.165) is 11.3 Å². The third-order valence-corrected chi connectivity index (χ3v) is 1.74. The van der Waals surface area contributed by atoms with E-state index in [2.05, 4.69) is 22.1 Å². The topological polar surface area (TPSA) is 43.6 Å². The lowest BCUT2D eigenvalue weighted by Crippen LogP contribution is -1.94. The Kier molecular flexibility index (Phi) is 1.88. The van der Waals surface area contributed by atoms with Crippen LogP contribution in [0.25, 0.3) is 11.8 Å². The molecule has 13 heavy (non-hydrogen) atoms. The molecule has 0 atom stereocenters. The molecule has 1 heterocycles. The highest BCUT2D eigenvalue weighted by Gasteiger charge is 1.95. The van der Waals surface area contributed by atoms with Crippen LogP contribution >= 0.6 is 0 Å². The highest BCUT2D eigenvalue weighted by molar-refractivity contribution is 5.49. The van der Waals surface area contributed by atoms with Gasteiger partial charge in [0.2, 0.25) is 0 Å². The maximum Gasteiger partial charge on any atom is 0.143 e. The van der Waals surface area contributed by atoms with Crippen molar-refractivity contribution in [3.05, 3.63) is 42.7 Å². The van der Waals surface area contributed by atoms with E-state index < -0.39 is 0 Å². The lowest BCUT2D eigenvalue weighted by atomic mass is 10.2. The summed E-state index contributed by atoms with van der Waals surface area (Å²) in [5, 5.41) is 10.9. The van der Waals surface area contributed by atoms with Gasteiger partial charge >= 0.3 is 0 Å². The number of tetrazole rings is 1. The van der Waals surface area contributed by atoms with Crippen molar-refractivity contribution in [1.29, 1.82) is 0 Å². The SMILES string of the molecule is C=Cc1ccc(-n2cnnn2)cc1. The molecule has 2 rings (SSSR count). The van der Waals surface area contributed by atoms with Crippen molar-refractivity contribution >= 4 is 6.08 Å².